The lowest BCUT2D eigenvalue weighted by molar-refractivity contribution is 0.145. The van der Waals surface area contributed by atoms with Crippen LogP contribution in [0, 0.1) is 11.3 Å². The molecule has 1 aliphatic heterocycles. The molecule has 0 bridgehead atoms. The number of anilines is 2. The average molecular weight is 377 g/mol. The molecule has 0 spiro atoms. The molecule has 0 amide bonds. The van der Waals surface area contributed by atoms with Gasteiger partial charge in [-0.25, -0.2) is 19.3 Å². The number of piperidine rings is 1. The van der Waals surface area contributed by atoms with E-state index in [1.165, 1.54) is 18.0 Å². The van der Waals surface area contributed by atoms with E-state index in [0.717, 1.165) is 25.3 Å². The van der Waals surface area contributed by atoms with Crippen LogP contribution >= 0.6 is 0 Å². The van der Waals surface area contributed by atoms with Crippen LogP contribution in [-0.2, 0) is 6.54 Å². The first kappa shape index (κ1) is 18.1. The third-order valence-electron chi connectivity index (χ3n) is 4.76. The van der Waals surface area contributed by atoms with Crippen LogP contribution in [0.2, 0.25) is 0 Å². The summed E-state index contributed by atoms with van der Waals surface area (Å²) in [6.45, 7) is 2.48. The van der Waals surface area contributed by atoms with Gasteiger partial charge >= 0.3 is 0 Å². The normalized spacial score (nSPS) is 15.3. The van der Waals surface area contributed by atoms with Gasteiger partial charge in [-0.2, -0.15) is 5.26 Å². The molecule has 7 nitrogen and oxygen atoms in total. The van der Waals surface area contributed by atoms with Crippen molar-refractivity contribution in [2.75, 3.05) is 18.4 Å². The molecule has 4 rings (SSSR count). The standard InChI is InChI=1S/C20H20FN7/c21-16-5-7-27(8-6-16)12-15-1-3-18(4-2-15)28-13-20(25-14-28)26-19-11-23-17(9-22)10-24-19/h1-4,10-11,13-14,16H,5-8,12H2,(H,24,26). The first-order valence-corrected chi connectivity index (χ1v) is 9.18. The lowest BCUT2D eigenvalue weighted by Gasteiger charge is -2.28. The highest BCUT2D eigenvalue weighted by Gasteiger charge is 2.18. The Morgan fingerprint density at radius 2 is 1.86 bits per heavy atom. The van der Waals surface area contributed by atoms with Crippen LogP contribution in [-0.4, -0.2) is 43.7 Å². The van der Waals surface area contributed by atoms with E-state index in [9.17, 15) is 4.39 Å². The molecule has 1 aliphatic rings. The van der Waals surface area contributed by atoms with Gasteiger partial charge in [0.1, 0.15) is 30.2 Å². The van der Waals surface area contributed by atoms with Crippen LogP contribution in [0.4, 0.5) is 16.0 Å². The summed E-state index contributed by atoms with van der Waals surface area (Å²) >= 11 is 0. The minimum absolute atomic E-state index is 0.269. The van der Waals surface area contributed by atoms with E-state index < -0.39 is 6.17 Å². The Morgan fingerprint density at radius 3 is 2.54 bits per heavy atom. The van der Waals surface area contributed by atoms with Gasteiger partial charge in [-0.05, 0) is 30.5 Å². The molecule has 1 aromatic carbocycles. The van der Waals surface area contributed by atoms with E-state index >= 15 is 0 Å². The predicted molar refractivity (Wildman–Crippen MR) is 103 cm³/mol. The Balaban J connectivity index is 1.38. The third-order valence-corrected chi connectivity index (χ3v) is 4.76. The van der Waals surface area contributed by atoms with Crippen molar-refractivity contribution in [2.24, 2.45) is 0 Å². The SMILES string of the molecule is N#Cc1cnc(Nc2cn(-c3ccc(CN4CCC(F)CC4)cc3)cn2)cn1. The summed E-state index contributed by atoms with van der Waals surface area (Å²) in [4.78, 5) is 14.7. The van der Waals surface area contributed by atoms with Crippen LogP contribution in [0.1, 0.15) is 24.1 Å². The van der Waals surface area contributed by atoms with E-state index in [0.29, 0.717) is 24.5 Å². The van der Waals surface area contributed by atoms with E-state index in [2.05, 4.69) is 37.3 Å². The van der Waals surface area contributed by atoms with Crippen molar-refractivity contribution < 1.29 is 4.39 Å². The second-order valence-corrected chi connectivity index (χ2v) is 6.81. The van der Waals surface area contributed by atoms with Gasteiger partial charge < -0.3 is 9.88 Å². The summed E-state index contributed by atoms with van der Waals surface area (Å²) in [6, 6.07) is 10.2. The molecule has 1 saturated heterocycles. The van der Waals surface area contributed by atoms with Gasteiger partial charge in [0.15, 0.2) is 5.69 Å². The van der Waals surface area contributed by atoms with Gasteiger partial charge in [-0.1, -0.05) is 12.1 Å². The smallest absolute Gasteiger partial charge is 0.158 e. The number of imidazole rings is 1. The molecule has 3 heterocycles. The van der Waals surface area contributed by atoms with Crippen molar-refractivity contribution in [3.63, 3.8) is 0 Å². The van der Waals surface area contributed by atoms with E-state index in [-0.39, 0.29) is 5.69 Å². The molecule has 28 heavy (non-hydrogen) atoms. The molecule has 3 aromatic rings. The van der Waals surface area contributed by atoms with Gasteiger partial charge in [0.2, 0.25) is 0 Å². The molecule has 8 heteroatoms. The summed E-state index contributed by atoms with van der Waals surface area (Å²) in [5.74, 6) is 1.16. The Hall–Kier alpha value is -3.31. The molecule has 0 atom stereocenters. The minimum atomic E-state index is -0.641. The average Bonchev–Trinajstić information content (AvgIpc) is 3.19. The van der Waals surface area contributed by atoms with E-state index in [1.54, 1.807) is 6.33 Å². The fourth-order valence-electron chi connectivity index (χ4n) is 3.20. The Morgan fingerprint density at radius 1 is 1.07 bits per heavy atom. The second-order valence-electron chi connectivity index (χ2n) is 6.81. The number of benzene rings is 1. The first-order chi connectivity index (χ1) is 13.7. The highest BCUT2D eigenvalue weighted by atomic mass is 19.1. The van der Waals surface area contributed by atoms with Crippen molar-refractivity contribution in [3.05, 3.63) is 60.4 Å². The number of alkyl halides is 1. The van der Waals surface area contributed by atoms with Gasteiger partial charge in [-0.15, -0.1) is 0 Å². The highest BCUT2D eigenvalue weighted by molar-refractivity contribution is 5.51. The third kappa shape index (κ3) is 4.32. The molecule has 0 aliphatic carbocycles. The van der Waals surface area contributed by atoms with Crippen LogP contribution in [0.25, 0.3) is 5.69 Å². The van der Waals surface area contributed by atoms with Crippen LogP contribution in [0.15, 0.2) is 49.2 Å². The van der Waals surface area contributed by atoms with Crippen molar-refractivity contribution in [2.45, 2.75) is 25.6 Å². The maximum absolute atomic E-state index is 13.2. The monoisotopic (exact) mass is 377 g/mol. The Labute approximate surface area is 162 Å². The van der Waals surface area contributed by atoms with Gasteiger partial charge in [0.25, 0.3) is 0 Å². The molecule has 0 saturated carbocycles. The number of nitrogens with zero attached hydrogens (tertiary/aromatic N) is 6. The summed E-state index contributed by atoms with van der Waals surface area (Å²) in [6.07, 6.45) is 7.12. The predicted octanol–water partition coefficient (Wildman–Crippen LogP) is 3.21. The zero-order valence-corrected chi connectivity index (χ0v) is 15.3. The number of halogens is 1. The number of nitrogens with one attached hydrogen (secondary N) is 1. The van der Waals surface area contributed by atoms with Gasteiger partial charge in [-0.3, -0.25) is 4.90 Å². The van der Waals surface area contributed by atoms with Crippen molar-refractivity contribution >= 4 is 11.6 Å². The molecule has 1 N–H and O–H groups in total. The lowest BCUT2D eigenvalue weighted by atomic mass is 10.1. The van der Waals surface area contributed by atoms with Gasteiger partial charge in [0, 0.05) is 25.3 Å². The van der Waals surface area contributed by atoms with Crippen LogP contribution in [0.3, 0.4) is 0 Å². The van der Waals surface area contributed by atoms with Crippen molar-refractivity contribution in [1.29, 1.82) is 5.26 Å². The summed E-state index contributed by atoms with van der Waals surface area (Å²) < 4.78 is 15.2. The lowest BCUT2D eigenvalue weighted by Crippen LogP contribution is -2.33. The number of rotatable bonds is 5. The van der Waals surface area contributed by atoms with Crippen LogP contribution in [0.5, 0.6) is 0 Å². The minimum Gasteiger partial charge on any atom is -0.322 e. The van der Waals surface area contributed by atoms with E-state index in [1.807, 2.05) is 29.0 Å². The number of hydrogen-bond donors (Lipinski definition) is 1. The largest absolute Gasteiger partial charge is 0.322 e. The van der Waals surface area contributed by atoms with Crippen molar-refractivity contribution in [3.8, 4) is 11.8 Å². The maximum Gasteiger partial charge on any atom is 0.158 e. The number of hydrogen-bond acceptors (Lipinski definition) is 6. The topological polar surface area (TPSA) is 82.7 Å². The molecule has 0 unspecified atom stereocenters. The quantitative estimate of drug-likeness (QED) is 0.735. The zero-order valence-electron chi connectivity index (χ0n) is 15.3. The molecular weight excluding hydrogens is 357 g/mol. The molecular formula is C20H20FN7. The Bertz CT molecular complexity index is 951. The molecule has 1 fully saturated rings. The maximum atomic E-state index is 13.2. The molecule has 142 valence electrons. The second kappa shape index (κ2) is 8.15. The number of nitriles is 1. The number of aromatic nitrogens is 4. The van der Waals surface area contributed by atoms with Gasteiger partial charge in [0.05, 0.1) is 18.6 Å². The molecule has 2 aromatic heterocycles. The fourth-order valence-corrected chi connectivity index (χ4v) is 3.20. The zero-order chi connectivity index (χ0) is 19.3. The summed E-state index contributed by atoms with van der Waals surface area (Å²) in [7, 11) is 0. The highest BCUT2D eigenvalue weighted by Crippen LogP contribution is 2.18. The van der Waals surface area contributed by atoms with E-state index in [4.69, 9.17) is 5.26 Å². The van der Waals surface area contributed by atoms with Crippen molar-refractivity contribution in [1.82, 2.24) is 24.4 Å². The summed E-state index contributed by atoms with van der Waals surface area (Å²) in [5, 5.41) is 11.8. The first-order valence-electron chi connectivity index (χ1n) is 9.18. The Kier molecular flexibility index (Phi) is 5.26. The fraction of sp³-hybridized carbons (Fsp3) is 0.300. The van der Waals surface area contributed by atoms with Crippen LogP contribution < -0.4 is 5.32 Å². The summed E-state index contributed by atoms with van der Waals surface area (Å²) in [5.41, 5.74) is 2.48. The molecule has 0 radical (unpaired) electrons. The number of likely N-dealkylation sites (tertiary alicyclic amines) is 1.